The van der Waals surface area contributed by atoms with Crippen molar-refractivity contribution < 1.29 is 37.1 Å². The molecular formula is C23H35OTi2. The zero-order chi connectivity index (χ0) is 19.4. The molecule has 26 heavy (non-hydrogen) atoms. The molecule has 0 saturated heterocycles. The van der Waals surface area contributed by atoms with Gasteiger partial charge < -0.3 is 0 Å². The van der Waals surface area contributed by atoms with Gasteiger partial charge >= 0.3 is 173 Å². The first-order valence-corrected chi connectivity index (χ1v) is 15.3. The summed E-state index contributed by atoms with van der Waals surface area (Å²) >= 11 is -4.78. The Morgan fingerprint density at radius 1 is 0.731 bits per heavy atom. The molecule has 2 aromatic rings. The van der Waals surface area contributed by atoms with Crippen LogP contribution in [0.3, 0.4) is 0 Å². The van der Waals surface area contributed by atoms with Gasteiger partial charge in [-0.25, -0.2) is 0 Å². The molecule has 0 aliphatic carbocycles. The normalized spacial score (nSPS) is 12.9. The third-order valence-corrected chi connectivity index (χ3v) is 21.9. The second kappa shape index (κ2) is 8.89. The van der Waals surface area contributed by atoms with Crippen LogP contribution in [-0.2, 0) is 37.1 Å². The molecular weight excluding hydrogens is 388 g/mol. The van der Waals surface area contributed by atoms with Crippen molar-refractivity contribution in [3.05, 3.63) is 60.7 Å². The molecule has 0 amide bonds. The fourth-order valence-corrected chi connectivity index (χ4v) is 23.6. The van der Waals surface area contributed by atoms with Gasteiger partial charge in [0.25, 0.3) is 0 Å². The topological polar surface area (TPSA) is 9.23 Å². The molecule has 141 valence electrons. The molecule has 0 unspecified atom stereocenters. The number of hydrogen-bond acceptors (Lipinski definition) is 1. The van der Waals surface area contributed by atoms with Crippen LogP contribution in [0, 0.1) is 0 Å². The Hall–Kier alpha value is -0.171. The Labute approximate surface area is 171 Å². The Bertz CT molecular complexity index is 615. The van der Waals surface area contributed by atoms with Crippen LogP contribution in [0.5, 0.6) is 0 Å². The van der Waals surface area contributed by atoms with Gasteiger partial charge in [0.15, 0.2) is 0 Å². The molecule has 3 heteroatoms. The SMILES string of the molecule is CC[CH2][Ti]([O][Ti]([c]1ccccc1)[c]1ccccc1)([C](C)(C)C)[C](C)(C)C. The molecule has 0 aromatic heterocycles. The fraction of sp³-hybridized carbons (Fsp3) is 0.478. The summed E-state index contributed by atoms with van der Waals surface area (Å²) in [6.45, 7) is 16.9. The summed E-state index contributed by atoms with van der Waals surface area (Å²) in [6.07, 6.45) is 1.21. The van der Waals surface area contributed by atoms with Crippen LogP contribution >= 0.6 is 0 Å². The summed E-state index contributed by atoms with van der Waals surface area (Å²) in [5.41, 5.74) is 0. The standard InChI is InChI=1S/2C6H5.2C4H9.C3H7.O.2Ti/c2*1-2-4-6-5-3-1;2*1-4(2)3;1-3-2;;;/h2*1-5H;2*1-3H3;1,3H2,2H3;;;. The van der Waals surface area contributed by atoms with Gasteiger partial charge in [-0.2, -0.15) is 0 Å². The van der Waals surface area contributed by atoms with Gasteiger partial charge in [-0.1, -0.05) is 0 Å². The van der Waals surface area contributed by atoms with Crippen molar-refractivity contribution in [2.45, 2.75) is 67.1 Å². The van der Waals surface area contributed by atoms with Crippen LogP contribution in [0.15, 0.2) is 60.7 Å². The molecule has 1 nitrogen and oxygen atoms in total. The Morgan fingerprint density at radius 2 is 1.12 bits per heavy atom. The van der Waals surface area contributed by atoms with E-state index in [0.717, 1.165) is 0 Å². The van der Waals surface area contributed by atoms with E-state index in [2.05, 4.69) is 109 Å². The quantitative estimate of drug-likeness (QED) is 0.481. The van der Waals surface area contributed by atoms with E-state index in [1.807, 2.05) is 0 Å². The van der Waals surface area contributed by atoms with E-state index in [9.17, 15) is 0 Å². The second-order valence-electron chi connectivity index (χ2n) is 9.24. The van der Waals surface area contributed by atoms with E-state index in [1.165, 1.54) is 18.9 Å². The van der Waals surface area contributed by atoms with E-state index in [0.29, 0.717) is 0 Å². The van der Waals surface area contributed by atoms with Crippen molar-refractivity contribution >= 4 is 7.74 Å². The van der Waals surface area contributed by atoms with E-state index >= 15 is 0 Å². The molecule has 0 bridgehead atoms. The van der Waals surface area contributed by atoms with Gasteiger partial charge in [-0.05, 0) is 0 Å². The fourth-order valence-electron chi connectivity index (χ4n) is 4.22. The van der Waals surface area contributed by atoms with Gasteiger partial charge in [0, 0.05) is 0 Å². The van der Waals surface area contributed by atoms with Crippen molar-refractivity contribution in [1.29, 1.82) is 0 Å². The predicted octanol–water partition coefficient (Wildman–Crippen LogP) is 6.52. The number of hydrogen-bond donors (Lipinski definition) is 0. The first kappa shape index (κ1) is 22.1. The molecule has 2 rings (SSSR count). The van der Waals surface area contributed by atoms with Crippen molar-refractivity contribution in [1.82, 2.24) is 0 Å². The Morgan fingerprint density at radius 3 is 1.42 bits per heavy atom. The van der Waals surface area contributed by atoms with Crippen LogP contribution in [0.4, 0.5) is 0 Å². The monoisotopic (exact) mass is 423 g/mol. The molecule has 0 saturated carbocycles. The summed E-state index contributed by atoms with van der Waals surface area (Å²) < 4.78 is 12.2. The van der Waals surface area contributed by atoms with Gasteiger partial charge in [0.1, 0.15) is 0 Å². The predicted molar refractivity (Wildman–Crippen MR) is 108 cm³/mol. The van der Waals surface area contributed by atoms with E-state index < -0.39 is 35.2 Å². The van der Waals surface area contributed by atoms with Gasteiger partial charge in [-0.3, -0.25) is 0 Å². The third kappa shape index (κ3) is 4.81. The minimum absolute atomic E-state index is 0.246. The van der Waals surface area contributed by atoms with Crippen molar-refractivity contribution in [3.63, 3.8) is 0 Å². The van der Waals surface area contributed by atoms with Crippen molar-refractivity contribution in [3.8, 4) is 0 Å². The van der Waals surface area contributed by atoms with E-state index in [4.69, 9.17) is 1.90 Å². The molecule has 0 aliphatic rings. The first-order chi connectivity index (χ1) is 12.1. The van der Waals surface area contributed by atoms with Gasteiger partial charge in [0.05, 0.1) is 0 Å². The number of benzene rings is 2. The zero-order valence-electron chi connectivity index (χ0n) is 17.6. The van der Waals surface area contributed by atoms with E-state index in [-0.39, 0.29) is 7.44 Å². The van der Waals surface area contributed by atoms with Crippen LogP contribution in [0.25, 0.3) is 0 Å². The molecule has 0 aliphatic heterocycles. The summed E-state index contributed by atoms with van der Waals surface area (Å²) in [4.78, 5) is 0. The summed E-state index contributed by atoms with van der Waals surface area (Å²) in [6, 6.07) is 22.0. The molecule has 0 heterocycles. The maximum atomic E-state index is 7.53. The number of rotatable bonds is 6. The second-order valence-corrected chi connectivity index (χ2v) is 21.8. The van der Waals surface area contributed by atoms with Crippen molar-refractivity contribution in [2.75, 3.05) is 0 Å². The van der Waals surface area contributed by atoms with Crippen LogP contribution < -0.4 is 7.74 Å². The molecule has 0 radical (unpaired) electrons. The van der Waals surface area contributed by atoms with Crippen LogP contribution in [-0.4, -0.2) is 0 Å². The van der Waals surface area contributed by atoms with Crippen LogP contribution in [0.1, 0.15) is 54.9 Å². The Kier molecular flexibility index (Phi) is 7.56. The maximum absolute atomic E-state index is 7.53. The van der Waals surface area contributed by atoms with Crippen LogP contribution in [0.2, 0.25) is 12.2 Å². The third-order valence-electron chi connectivity index (χ3n) is 5.37. The zero-order valence-corrected chi connectivity index (χ0v) is 20.7. The molecule has 0 fully saturated rings. The van der Waals surface area contributed by atoms with Gasteiger partial charge in [0.2, 0.25) is 0 Å². The van der Waals surface area contributed by atoms with Crippen molar-refractivity contribution in [2.24, 2.45) is 0 Å². The Balaban J connectivity index is 2.60. The average Bonchev–Trinajstić information content (AvgIpc) is 2.58. The summed E-state index contributed by atoms with van der Waals surface area (Å²) in [5, 5.41) is 0. The average molecular weight is 423 g/mol. The van der Waals surface area contributed by atoms with Gasteiger partial charge in [-0.15, -0.1) is 0 Å². The minimum atomic E-state index is -2.71. The molecule has 0 spiro atoms. The summed E-state index contributed by atoms with van der Waals surface area (Å²) in [7, 11) is 0. The van der Waals surface area contributed by atoms with E-state index in [1.54, 1.807) is 0 Å². The molecule has 2 aromatic carbocycles. The molecule has 0 N–H and O–H groups in total. The first-order valence-electron chi connectivity index (χ1n) is 9.79. The molecule has 0 atom stereocenters. The summed E-state index contributed by atoms with van der Waals surface area (Å²) in [5.74, 6) is 0.